The molecule has 0 aromatic carbocycles. The van der Waals surface area contributed by atoms with Crippen molar-refractivity contribution in [3.05, 3.63) is 21.0 Å². The van der Waals surface area contributed by atoms with E-state index >= 15 is 0 Å². The molecule has 2 N–H and O–H groups in total. The summed E-state index contributed by atoms with van der Waals surface area (Å²) in [6, 6.07) is -1.99. The molecule has 0 spiro atoms. The van der Waals surface area contributed by atoms with Crippen LogP contribution in [0.15, 0.2) is 14.1 Å². The number of amides is 5. The minimum Gasteiger partial charge on any atom is -0.326 e. The minimum atomic E-state index is -0.925. The lowest BCUT2D eigenvalue weighted by molar-refractivity contribution is -0.128. The molecule has 3 heterocycles. The molecule has 1 aromatic heterocycles. The number of carbonyl (C=O) groups excluding carboxylic acids is 4. The number of rotatable bonds is 7. The largest absolute Gasteiger partial charge is 0.442 e. The molecule has 2 aliphatic rings. The summed E-state index contributed by atoms with van der Waals surface area (Å²) in [5.41, 5.74) is -0.762. The molecular formula is C17H23N5O7S. The SMILES string of the molecule is CC(C)C1NC(=O)N(CC(C)n2oc(=O)n(CC(C)C3SC(=O)NC3=O)c2=O)C1=O. The van der Waals surface area contributed by atoms with E-state index in [0.717, 1.165) is 26.0 Å². The van der Waals surface area contributed by atoms with E-state index in [0.29, 0.717) is 0 Å². The molecule has 0 saturated carbocycles. The number of urea groups is 1. The van der Waals surface area contributed by atoms with Crippen LogP contribution in [-0.4, -0.2) is 55.1 Å². The number of nitrogens with one attached hydrogen (secondary N) is 2. The fourth-order valence-electron chi connectivity index (χ4n) is 3.43. The highest BCUT2D eigenvalue weighted by Crippen LogP contribution is 2.26. The van der Waals surface area contributed by atoms with Gasteiger partial charge in [0.1, 0.15) is 6.04 Å². The number of carbonyl (C=O) groups is 4. The quantitative estimate of drug-likeness (QED) is 0.548. The molecule has 2 aliphatic heterocycles. The highest BCUT2D eigenvalue weighted by molar-refractivity contribution is 8.15. The maximum atomic E-state index is 12.7. The lowest BCUT2D eigenvalue weighted by Crippen LogP contribution is -2.40. The second-order valence-electron chi connectivity index (χ2n) is 7.84. The maximum Gasteiger partial charge on any atom is 0.442 e. The lowest BCUT2D eigenvalue weighted by atomic mass is 10.1. The monoisotopic (exact) mass is 441 g/mol. The molecule has 4 atom stereocenters. The first-order valence-electron chi connectivity index (χ1n) is 9.47. The summed E-state index contributed by atoms with van der Waals surface area (Å²) in [4.78, 5) is 73.6. The summed E-state index contributed by atoms with van der Waals surface area (Å²) in [6.07, 6.45) is 0. The fraction of sp³-hybridized carbons (Fsp3) is 0.647. The van der Waals surface area contributed by atoms with Crippen LogP contribution in [0.4, 0.5) is 9.59 Å². The Hall–Kier alpha value is -2.83. The Balaban J connectivity index is 1.75. The average molecular weight is 441 g/mol. The smallest absolute Gasteiger partial charge is 0.326 e. The molecule has 3 rings (SSSR count). The third-order valence-electron chi connectivity index (χ3n) is 5.09. The van der Waals surface area contributed by atoms with E-state index in [1.54, 1.807) is 27.7 Å². The molecule has 1 aromatic rings. The predicted octanol–water partition coefficient (Wildman–Crippen LogP) is -0.272. The predicted molar refractivity (Wildman–Crippen MR) is 105 cm³/mol. The van der Waals surface area contributed by atoms with Gasteiger partial charge in [0.15, 0.2) is 0 Å². The summed E-state index contributed by atoms with van der Waals surface area (Å²) < 4.78 is 6.69. The molecule has 164 valence electrons. The molecule has 2 fully saturated rings. The van der Waals surface area contributed by atoms with Gasteiger partial charge in [0.25, 0.3) is 11.1 Å². The second-order valence-corrected chi connectivity index (χ2v) is 8.95. The van der Waals surface area contributed by atoms with Gasteiger partial charge in [-0.05, 0) is 18.8 Å². The zero-order valence-electron chi connectivity index (χ0n) is 16.9. The Morgan fingerprint density at radius 1 is 1.03 bits per heavy atom. The van der Waals surface area contributed by atoms with E-state index in [2.05, 4.69) is 10.6 Å². The van der Waals surface area contributed by atoms with Crippen LogP contribution in [-0.2, 0) is 16.1 Å². The number of nitrogens with zero attached hydrogens (tertiary/aromatic N) is 3. The van der Waals surface area contributed by atoms with E-state index in [1.807, 2.05) is 0 Å². The Kier molecular flexibility index (Phi) is 5.92. The van der Waals surface area contributed by atoms with Crippen molar-refractivity contribution in [3.8, 4) is 0 Å². The average Bonchev–Trinajstić information content (AvgIpc) is 3.25. The molecule has 5 amide bonds. The first-order chi connectivity index (χ1) is 14.0. The van der Waals surface area contributed by atoms with Gasteiger partial charge in [-0.25, -0.2) is 19.0 Å². The van der Waals surface area contributed by atoms with E-state index in [1.165, 1.54) is 0 Å². The van der Waals surface area contributed by atoms with E-state index in [4.69, 9.17) is 4.52 Å². The number of hydrogen-bond acceptors (Lipinski definition) is 8. The highest BCUT2D eigenvalue weighted by Gasteiger charge is 2.41. The van der Waals surface area contributed by atoms with Crippen LogP contribution in [0.1, 0.15) is 33.7 Å². The van der Waals surface area contributed by atoms with E-state index in [9.17, 15) is 28.8 Å². The maximum absolute atomic E-state index is 12.7. The van der Waals surface area contributed by atoms with Crippen LogP contribution in [0.25, 0.3) is 0 Å². The number of imide groups is 2. The van der Waals surface area contributed by atoms with Crippen LogP contribution in [0.2, 0.25) is 0 Å². The van der Waals surface area contributed by atoms with Crippen molar-refractivity contribution in [1.29, 1.82) is 0 Å². The van der Waals surface area contributed by atoms with Gasteiger partial charge in [0.2, 0.25) is 5.91 Å². The third kappa shape index (κ3) is 3.93. The van der Waals surface area contributed by atoms with Gasteiger partial charge in [-0.15, -0.1) is 4.74 Å². The summed E-state index contributed by atoms with van der Waals surface area (Å²) in [5.74, 6) is -2.39. The van der Waals surface area contributed by atoms with Crippen molar-refractivity contribution in [2.75, 3.05) is 6.54 Å². The van der Waals surface area contributed by atoms with Crippen molar-refractivity contribution in [2.24, 2.45) is 11.8 Å². The van der Waals surface area contributed by atoms with Crippen LogP contribution in [0.3, 0.4) is 0 Å². The Morgan fingerprint density at radius 2 is 1.70 bits per heavy atom. The second kappa shape index (κ2) is 8.13. The number of hydrogen-bond donors (Lipinski definition) is 2. The molecule has 0 bridgehead atoms. The molecule has 13 heteroatoms. The standard InChI is InChI=1S/C17H23N5O7S/c1-7(2)10-13(24)20(14(25)18-10)6-9(4)22-16(27)21(17(28)29-22)5-8(3)11-12(23)19-15(26)30-11/h7-11H,5-6H2,1-4H3,(H,18,25)(H,19,23,26). The van der Waals surface area contributed by atoms with Crippen molar-refractivity contribution >= 4 is 34.8 Å². The first-order valence-corrected chi connectivity index (χ1v) is 10.3. The van der Waals surface area contributed by atoms with Gasteiger partial charge < -0.3 is 9.84 Å². The van der Waals surface area contributed by atoms with Gasteiger partial charge in [-0.1, -0.05) is 32.5 Å². The Morgan fingerprint density at radius 3 is 2.23 bits per heavy atom. The van der Waals surface area contributed by atoms with Crippen LogP contribution in [0, 0.1) is 11.8 Å². The summed E-state index contributed by atoms with van der Waals surface area (Å²) in [7, 11) is 0. The zero-order valence-corrected chi connectivity index (χ0v) is 17.7. The minimum absolute atomic E-state index is 0.0949. The van der Waals surface area contributed by atoms with Crippen molar-refractivity contribution < 1.29 is 23.7 Å². The number of thioether (sulfide) groups is 1. The zero-order chi connectivity index (χ0) is 22.3. The van der Waals surface area contributed by atoms with E-state index in [-0.39, 0.29) is 19.0 Å². The van der Waals surface area contributed by atoms with Crippen LogP contribution in [0.5, 0.6) is 0 Å². The van der Waals surface area contributed by atoms with Gasteiger partial charge in [0, 0.05) is 6.54 Å². The van der Waals surface area contributed by atoms with Crippen molar-refractivity contribution in [2.45, 2.75) is 51.6 Å². The van der Waals surface area contributed by atoms with Crippen molar-refractivity contribution in [3.63, 3.8) is 0 Å². The number of aromatic nitrogens is 2. The van der Waals surface area contributed by atoms with Crippen LogP contribution < -0.4 is 22.1 Å². The topological polar surface area (TPSA) is 153 Å². The Labute approximate surface area is 174 Å². The van der Waals surface area contributed by atoms with Gasteiger partial charge in [0.05, 0.1) is 17.8 Å². The summed E-state index contributed by atoms with van der Waals surface area (Å²) in [5, 5.41) is 3.56. The Bertz CT molecular complexity index is 1010. The van der Waals surface area contributed by atoms with Gasteiger partial charge in [-0.3, -0.25) is 24.6 Å². The molecule has 0 radical (unpaired) electrons. The molecule has 2 saturated heterocycles. The van der Waals surface area contributed by atoms with Crippen molar-refractivity contribution in [1.82, 2.24) is 24.8 Å². The fourth-order valence-corrected chi connectivity index (χ4v) is 4.31. The van der Waals surface area contributed by atoms with Gasteiger partial charge >= 0.3 is 17.5 Å². The molecular weight excluding hydrogens is 418 g/mol. The van der Waals surface area contributed by atoms with Crippen LogP contribution >= 0.6 is 11.8 Å². The molecule has 0 aliphatic carbocycles. The summed E-state index contributed by atoms with van der Waals surface area (Å²) in [6.45, 7) is 6.51. The summed E-state index contributed by atoms with van der Waals surface area (Å²) >= 11 is 0.807. The molecule has 4 unspecified atom stereocenters. The third-order valence-corrected chi connectivity index (χ3v) is 6.34. The van der Waals surface area contributed by atoms with E-state index < -0.39 is 57.8 Å². The molecule has 12 nitrogen and oxygen atoms in total. The molecule has 30 heavy (non-hydrogen) atoms. The van der Waals surface area contributed by atoms with Gasteiger partial charge in [-0.2, -0.15) is 0 Å². The normalized spacial score (nSPS) is 23.8. The highest BCUT2D eigenvalue weighted by atomic mass is 32.2. The lowest BCUT2D eigenvalue weighted by Gasteiger charge is -2.18. The first kappa shape index (κ1) is 21.9.